The van der Waals surface area contributed by atoms with Crippen LogP contribution in [0.25, 0.3) is 0 Å². The molecule has 17 heavy (non-hydrogen) atoms. The fourth-order valence-electron chi connectivity index (χ4n) is 1.36. The lowest BCUT2D eigenvalue weighted by molar-refractivity contribution is 0.0719. The Morgan fingerprint density at radius 3 is 2.82 bits per heavy atom. The van der Waals surface area contributed by atoms with Crippen molar-refractivity contribution in [1.29, 1.82) is 0 Å². The highest BCUT2D eigenvalue weighted by Gasteiger charge is 2.00. The maximum absolute atomic E-state index is 5.34. The third-order valence-electron chi connectivity index (χ3n) is 2.35. The van der Waals surface area contributed by atoms with Gasteiger partial charge < -0.3 is 14.8 Å². The SMILES string of the molecule is COCCOCCNCc1ccn(C(C)C)n1. The molecule has 0 saturated heterocycles. The van der Waals surface area contributed by atoms with E-state index >= 15 is 0 Å². The van der Waals surface area contributed by atoms with E-state index in [4.69, 9.17) is 9.47 Å². The minimum atomic E-state index is 0.418. The number of hydrogen-bond donors (Lipinski definition) is 1. The van der Waals surface area contributed by atoms with Gasteiger partial charge in [-0.3, -0.25) is 4.68 Å². The fourth-order valence-corrected chi connectivity index (χ4v) is 1.36. The van der Waals surface area contributed by atoms with Crippen LogP contribution in [0.5, 0.6) is 0 Å². The molecule has 0 aliphatic carbocycles. The van der Waals surface area contributed by atoms with Gasteiger partial charge in [0.25, 0.3) is 0 Å². The Balaban J connectivity index is 2.05. The first kappa shape index (κ1) is 14.2. The summed E-state index contributed by atoms with van der Waals surface area (Å²) in [6.45, 7) is 7.86. The molecule has 5 nitrogen and oxygen atoms in total. The summed E-state index contributed by atoms with van der Waals surface area (Å²) in [6, 6.07) is 2.46. The Kier molecular flexibility index (Phi) is 6.84. The molecule has 1 heterocycles. The van der Waals surface area contributed by atoms with Crippen LogP contribution < -0.4 is 5.32 Å². The second-order valence-corrected chi connectivity index (χ2v) is 4.16. The lowest BCUT2D eigenvalue weighted by Gasteiger charge is -2.05. The Labute approximate surface area is 103 Å². The third kappa shape index (κ3) is 5.81. The molecule has 1 aromatic heterocycles. The average Bonchev–Trinajstić information content (AvgIpc) is 2.77. The summed E-state index contributed by atoms with van der Waals surface area (Å²) in [6.07, 6.45) is 2.01. The monoisotopic (exact) mass is 241 g/mol. The van der Waals surface area contributed by atoms with E-state index in [-0.39, 0.29) is 0 Å². The van der Waals surface area contributed by atoms with Crippen molar-refractivity contribution in [2.24, 2.45) is 0 Å². The van der Waals surface area contributed by atoms with Gasteiger partial charge >= 0.3 is 0 Å². The van der Waals surface area contributed by atoms with Crippen molar-refractivity contribution in [2.45, 2.75) is 26.4 Å². The third-order valence-corrected chi connectivity index (χ3v) is 2.35. The summed E-state index contributed by atoms with van der Waals surface area (Å²) in [5.41, 5.74) is 1.07. The van der Waals surface area contributed by atoms with Crippen molar-refractivity contribution >= 4 is 0 Å². The van der Waals surface area contributed by atoms with Crippen molar-refractivity contribution in [3.63, 3.8) is 0 Å². The van der Waals surface area contributed by atoms with E-state index in [1.807, 2.05) is 16.9 Å². The Bertz CT molecular complexity index is 300. The summed E-state index contributed by atoms with van der Waals surface area (Å²) < 4.78 is 12.2. The number of aromatic nitrogens is 2. The van der Waals surface area contributed by atoms with Crippen molar-refractivity contribution in [2.75, 3.05) is 33.5 Å². The Morgan fingerprint density at radius 2 is 2.18 bits per heavy atom. The quantitative estimate of drug-likeness (QED) is 0.660. The van der Waals surface area contributed by atoms with Gasteiger partial charge in [0.15, 0.2) is 0 Å². The van der Waals surface area contributed by atoms with Crippen LogP contribution in [0.2, 0.25) is 0 Å². The molecule has 0 aliphatic heterocycles. The first-order valence-corrected chi connectivity index (χ1v) is 6.05. The van der Waals surface area contributed by atoms with Gasteiger partial charge in [0.05, 0.1) is 25.5 Å². The molecular weight excluding hydrogens is 218 g/mol. The van der Waals surface area contributed by atoms with Gasteiger partial charge in [-0.1, -0.05) is 0 Å². The van der Waals surface area contributed by atoms with Gasteiger partial charge in [0, 0.05) is 32.4 Å². The minimum absolute atomic E-state index is 0.418. The fraction of sp³-hybridized carbons (Fsp3) is 0.750. The molecule has 0 atom stereocenters. The first-order valence-electron chi connectivity index (χ1n) is 6.05. The van der Waals surface area contributed by atoms with Crippen LogP contribution in [0, 0.1) is 0 Å². The van der Waals surface area contributed by atoms with Crippen LogP contribution in [0.15, 0.2) is 12.3 Å². The summed E-state index contributed by atoms with van der Waals surface area (Å²) in [4.78, 5) is 0. The van der Waals surface area contributed by atoms with Gasteiger partial charge in [0.2, 0.25) is 0 Å². The number of nitrogens with one attached hydrogen (secondary N) is 1. The molecule has 0 spiro atoms. The zero-order chi connectivity index (χ0) is 12.5. The zero-order valence-corrected chi connectivity index (χ0v) is 11.0. The summed E-state index contributed by atoms with van der Waals surface area (Å²) in [5, 5.41) is 7.74. The Morgan fingerprint density at radius 1 is 1.35 bits per heavy atom. The summed E-state index contributed by atoms with van der Waals surface area (Å²) in [7, 11) is 1.67. The lowest BCUT2D eigenvalue weighted by Crippen LogP contribution is -2.20. The zero-order valence-electron chi connectivity index (χ0n) is 11.0. The predicted octanol–water partition coefficient (Wildman–Crippen LogP) is 1.22. The predicted molar refractivity (Wildman–Crippen MR) is 67.0 cm³/mol. The molecule has 5 heteroatoms. The van der Waals surface area contributed by atoms with Gasteiger partial charge in [-0.2, -0.15) is 5.10 Å². The maximum atomic E-state index is 5.34. The largest absolute Gasteiger partial charge is 0.382 e. The molecule has 0 aromatic carbocycles. The van der Waals surface area contributed by atoms with Gasteiger partial charge in [-0.05, 0) is 19.9 Å². The number of nitrogens with zero attached hydrogens (tertiary/aromatic N) is 2. The molecule has 1 aromatic rings. The normalized spacial score (nSPS) is 11.3. The van der Waals surface area contributed by atoms with E-state index in [1.165, 1.54) is 0 Å². The molecule has 1 N–H and O–H groups in total. The van der Waals surface area contributed by atoms with Crippen LogP contribution in [-0.4, -0.2) is 43.3 Å². The van der Waals surface area contributed by atoms with Crippen molar-refractivity contribution in [1.82, 2.24) is 15.1 Å². The molecule has 0 radical (unpaired) electrons. The van der Waals surface area contributed by atoms with E-state index in [0.717, 1.165) is 18.8 Å². The van der Waals surface area contributed by atoms with E-state index in [2.05, 4.69) is 24.3 Å². The molecule has 0 unspecified atom stereocenters. The van der Waals surface area contributed by atoms with Crippen LogP contribution >= 0.6 is 0 Å². The van der Waals surface area contributed by atoms with Crippen LogP contribution in [0.1, 0.15) is 25.6 Å². The van der Waals surface area contributed by atoms with Gasteiger partial charge in [-0.25, -0.2) is 0 Å². The van der Waals surface area contributed by atoms with Crippen LogP contribution in [-0.2, 0) is 16.0 Å². The van der Waals surface area contributed by atoms with Gasteiger partial charge in [-0.15, -0.1) is 0 Å². The highest BCUT2D eigenvalue weighted by atomic mass is 16.5. The smallest absolute Gasteiger partial charge is 0.0762 e. The molecular formula is C12H23N3O2. The molecule has 0 aliphatic rings. The van der Waals surface area contributed by atoms with Crippen molar-refractivity contribution < 1.29 is 9.47 Å². The number of methoxy groups -OCH3 is 1. The highest BCUT2D eigenvalue weighted by molar-refractivity contribution is 4.98. The minimum Gasteiger partial charge on any atom is -0.382 e. The molecule has 0 saturated carbocycles. The first-order chi connectivity index (χ1) is 8.24. The van der Waals surface area contributed by atoms with Crippen molar-refractivity contribution in [3.05, 3.63) is 18.0 Å². The van der Waals surface area contributed by atoms with E-state index in [9.17, 15) is 0 Å². The number of ether oxygens (including phenoxy) is 2. The maximum Gasteiger partial charge on any atom is 0.0762 e. The second kappa shape index (κ2) is 8.22. The second-order valence-electron chi connectivity index (χ2n) is 4.16. The summed E-state index contributed by atoms with van der Waals surface area (Å²) >= 11 is 0. The molecule has 98 valence electrons. The highest BCUT2D eigenvalue weighted by Crippen LogP contribution is 2.03. The van der Waals surface area contributed by atoms with E-state index in [0.29, 0.717) is 25.9 Å². The van der Waals surface area contributed by atoms with Crippen LogP contribution in [0.3, 0.4) is 0 Å². The van der Waals surface area contributed by atoms with Crippen molar-refractivity contribution in [3.8, 4) is 0 Å². The number of hydrogen-bond acceptors (Lipinski definition) is 4. The van der Waals surface area contributed by atoms with E-state index in [1.54, 1.807) is 7.11 Å². The van der Waals surface area contributed by atoms with Gasteiger partial charge in [0.1, 0.15) is 0 Å². The molecule has 0 amide bonds. The molecule has 1 rings (SSSR count). The lowest BCUT2D eigenvalue weighted by atomic mass is 10.4. The average molecular weight is 241 g/mol. The summed E-state index contributed by atoms with van der Waals surface area (Å²) in [5.74, 6) is 0. The standard InChI is InChI=1S/C12H23N3O2/c1-11(2)15-6-4-12(14-15)10-13-5-7-17-9-8-16-3/h4,6,11,13H,5,7-10H2,1-3H3. The van der Waals surface area contributed by atoms with E-state index < -0.39 is 0 Å². The molecule has 0 fully saturated rings. The topological polar surface area (TPSA) is 48.3 Å². The van der Waals surface area contributed by atoms with Crippen LogP contribution in [0.4, 0.5) is 0 Å². The molecule has 0 bridgehead atoms. The Hall–Kier alpha value is -0.910. The number of rotatable bonds is 9.